The Labute approximate surface area is 174 Å². The number of thiophene rings is 2. The van der Waals surface area contributed by atoms with E-state index < -0.39 is 0 Å². The Morgan fingerprint density at radius 3 is 2.78 bits per heavy atom. The second kappa shape index (κ2) is 8.34. The van der Waals surface area contributed by atoms with Gasteiger partial charge in [0.15, 0.2) is 0 Å². The minimum atomic E-state index is -0.238. The maximum atomic E-state index is 12.6. The third-order valence-corrected chi connectivity index (χ3v) is 7.76. The standard InChI is InChI=1S/C18H20ClN3O2S3/c1-9-10(2)26-17-15(9)16(23)20-14(21-17)8-25-11(3)18(24)22(4)7-12-5-6-13(19)27-12/h5-6,11H,7-8H2,1-4H3,(H,20,21,23). The highest BCUT2D eigenvalue weighted by Crippen LogP contribution is 2.27. The number of hydrogen-bond donors (Lipinski definition) is 1. The molecular weight excluding hydrogens is 422 g/mol. The fourth-order valence-electron chi connectivity index (χ4n) is 2.70. The normalized spacial score (nSPS) is 12.5. The summed E-state index contributed by atoms with van der Waals surface area (Å²) < 4.78 is 0.720. The highest BCUT2D eigenvalue weighted by molar-refractivity contribution is 7.99. The van der Waals surface area contributed by atoms with E-state index in [9.17, 15) is 9.59 Å². The number of fused-ring (bicyclic) bond motifs is 1. The summed E-state index contributed by atoms with van der Waals surface area (Å²) in [5.74, 6) is 1.12. The second-order valence-corrected chi connectivity index (χ2v) is 10.7. The van der Waals surface area contributed by atoms with Crippen molar-refractivity contribution in [3.63, 3.8) is 0 Å². The Morgan fingerprint density at radius 1 is 1.37 bits per heavy atom. The molecule has 3 aromatic heterocycles. The third-order valence-electron chi connectivity index (χ3n) is 4.30. The predicted octanol–water partition coefficient (Wildman–Crippen LogP) is 4.60. The third kappa shape index (κ3) is 4.56. The van der Waals surface area contributed by atoms with Gasteiger partial charge in [0.1, 0.15) is 10.7 Å². The van der Waals surface area contributed by atoms with Crippen LogP contribution in [0.4, 0.5) is 0 Å². The zero-order valence-corrected chi connectivity index (χ0v) is 18.7. The maximum absolute atomic E-state index is 12.6. The molecule has 0 spiro atoms. The number of hydrogen-bond acceptors (Lipinski definition) is 6. The van der Waals surface area contributed by atoms with E-state index in [-0.39, 0.29) is 16.7 Å². The van der Waals surface area contributed by atoms with Gasteiger partial charge in [-0.05, 0) is 38.5 Å². The number of carbonyl (C=O) groups excluding carboxylic acids is 1. The van der Waals surface area contributed by atoms with Crippen LogP contribution in [-0.4, -0.2) is 33.1 Å². The summed E-state index contributed by atoms with van der Waals surface area (Å²) in [5.41, 5.74) is 0.880. The van der Waals surface area contributed by atoms with Crippen molar-refractivity contribution < 1.29 is 4.79 Å². The van der Waals surface area contributed by atoms with Crippen LogP contribution in [0.5, 0.6) is 0 Å². The number of nitrogens with zero attached hydrogens (tertiary/aromatic N) is 2. The smallest absolute Gasteiger partial charge is 0.259 e. The topological polar surface area (TPSA) is 66.1 Å². The number of aromatic nitrogens is 2. The van der Waals surface area contributed by atoms with Gasteiger partial charge in [0, 0.05) is 16.8 Å². The molecule has 1 N–H and O–H groups in total. The molecule has 1 amide bonds. The molecule has 9 heteroatoms. The number of carbonyl (C=O) groups is 1. The van der Waals surface area contributed by atoms with E-state index in [1.807, 2.05) is 32.9 Å². The van der Waals surface area contributed by atoms with Gasteiger partial charge >= 0.3 is 0 Å². The van der Waals surface area contributed by atoms with Gasteiger partial charge in [-0.15, -0.1) is 34.4 Å². The predicted molar refractivity (Wildman–Crippen MR) is 116 cm³/mol. The van der Waals surface area contributed by atoms with Gasteiger partial charge in [-0.25, -0.2) is 4.98 Å². The molecule has 0 radical (unpaired) electrons. The van der Waals surface area contributed by atoms with Crippen LogP contribution >= 0.6 is 46.0 Å². The van der Waals surface area contributed by atoms with Crippen LogP contribution in [0.3, 0.4) is 0 Å². The molecule has 5 nitrogen and oxygen atoms in total. The minimum absolute atomic E-state index is 0.0377. The van der Waals surface area contributed by atoms with Gasteiger partial charge in [-0.1, -0.05) is 11.6 Å². The first-order valence-electron chi connectivity index (χ1n) is 8.36. The molecule has 0 bridgehead atoms. The van der Waals surface area contributed by atoms with E-state index >= 15 is 0 Å². The summed E-state index contributed by atoms with van der Waals surface area (Å²) in [6.45, 7) is 6.35. The Bertz CT molecular complexity index is 1040. The van der Waals surface area contributed by atoms with Crippen molar-refractivity contribution in [3.8, 4) is 0 Å². The number of rotatable bonds is 6. The molecular formula is C18H20ClN3O2S3. The minimum Gasteiger partial charge on any atom is -0.340 e. The first-order chi connectivity index (χ1) is 12.8. The molecule has 0 saturated carbocycles. The van der Waals surface area contributed by atoms with Crippen LogP contribution in [0, 0.1) is 13.8 Å². The average molecular weight is 442 g/mol. The highest BCUT2D eigenvalue weighted by atomic mass is 35.5. The van der Waals surface area contributed by atoms with Gasteiger partial charge in [0.05, 0.1) is 27.3 Å². The number of aryl methyl sites for hydroxylation is 2. The average Bonchev–Trinajstić information content (AvgIpc) is 3.15. The number of halogens is 1. The molecule has 27 heavy (non-hydrogen) atoms. The van der Waals surface area contributed by atoms with Crippen molar-refractivity contribution >= 4 is 62.2 Å². The molecule has 0 saturated heterocycles. The van der Waals surface area contributed by atoms with Gasteiger partial charge in [0.2, 0.25) is 5.91 Å². The largest absolute Gasteiger partial charge is 0.340 e. The van der Waals surface area contributed by atoms with E-state index in [1.165, 1.54) is 34.4 Å². The Morgan fingerprint density at radius 2 is 2.11 bits per heavy atom. The first-order valence-corrected chi connectivity index (χ1v) is 11.4. The zero-order valence-electron chi connectivity index (χ0n) is 15.5. The summed E-state index contributed by atoms with van der Waals surface area (Å²) in [6.07, 6.45) is 0. The molecule has 0 aliphatic carbocycles. The molecule has 1 atom stereocenters. The highest BCUT2D eigenvalue weighted by Gasteiger charge is 2.20. The second-order valence-electron chi connectivity index (χ2n) is 6.33. The van der Waals surface area contributed by atoms with Crippen LogP contribution in [0.25, 0.3) is 10.2 Å². The van der Waals surface area contributed by atoms with Crippen molar-refractivity contribution in [2.45, 2.75) is 38.3 Å². The van der Waals surface area contributed by atoms with Gasteiger partial charge < -0.3 is 9.88 Å². The maximum Gasteiger partial charge on any atom is 0.259 e. The van der Waals surface area contributed by atoms with E-state index in [0.29, 0.717) is 23.5 Å². The SMILES string of the molecule is Cc1sc2nc(CSC(C)C(=O)N(C)Cc3ccc(Cl)s3)[nH]c(=O)c2c1C. The van der Waals surface area contributed by atoms with E-state index in [0.717, 1.165) is 24.5 Å². The molecule has 1 unspecified atom stereocenters. The summed E-state index contributed by atoms with van der Waals surface area (Å²) >= 11 is 10.4. The van der Waals surface area contributed by atoms with E-state index in [4.69, 9.17) is 11.6 Å². The molecule has 0 fully saturated rings. The Balaban J connectivity index is 1.64. The van der Waals surface area contributed by atoms with Crippen LogP contribution in [-0.2, 0) is 17.1 Å². The van der Waals surface area contributed by atoms with Gasteiger partial charge in [-0.3, -0.25) is 9.59 Å². The molecule has 0 aromatic carbocycles. The number of H-pyrrole nitrogens is 1. The number of aromatic amines is 1. The van der Waals surface area contributed by atoms with Gasteiger partial charge in [-0.2, -0.15) is 0 Å². The Hall–Kier alpha value is -1.35. The molecule has 0 aliphatic heterocycles. The van der Waals surface area contributed by atoms with E-state index in [1.54, 1.807) is 11.9 Å². The van der Waals surface area contributed by atoms with Crippen LogP contribution in [0.2, 0.25) is 4.34 Å². The summed E-state index contributed by atoms with van der Waals surface area (Å²) in [7, 11) is 1.79. The lowest BCUT2D eigenvalue weighted by Crippen LogP contribution is -2.32. The molecule has 3 rings (SSSR count). The fourth-order valence-corrected chi connectivity index (χ4v) is 5.76. The van der Waals surface area contributed by atoms with Crippen molar-refractivity contribution in [1.82, 2.24) is 14.9 Å². The zero-order chi connectivity index (χ0) is 19.7. The van der Waals surface area contributed by atoms with E-state index in [2.05, 4.69) is 9.97 Å². The molecule has 0 aliphatic rings. The van der Waals surface area contributed by atoms with Crippen LogP contribution in [0.1, 0.15) is 28.1 Å². The fraction of sp³-hybridized carbons (Fsp3) is 0.389. The summed E-state index contributed by atoms with van der Waals surface area (Å²) in [4.78, 5) is 37.0. The number of thioether (sulfide) groups is 1. The molecule has 144 valence electrons. The molecule has 3 heterocycles. The van der Waals surface area contributed by atoms with Gasteiger partial charge in [0.25, 0.3) is 5.56 Å². The lowest BCUT2D eigenvalue weighted by molar-refractivity contribution is -0.129. The lowest BCUT2D eigenvalue weighted by Gasteiger charge is -2.20. The number of amides is 1. The molecule has 3 aromatic rings. The van der Waals surface area contributed by atoms with Crippen molar-refractivity contribution in [2.24, 2.45) is 0 Å². The monoisotopic (exact) mass is 441 g/mol. The van der Waals surface area contributed by atoms with Crippen LogP contribution in [0.15, 0.2) is 16.9 Å². The van der Waals surface area contributed by atoms with Crippen molar-refractivity contribution in [2.75, 3.05) is 7.05 Å². The Kier molecular flexibility index (Phi) is 6.30. The number of nitrogens with one attached hydrogen (secondary N) is 1. The lowest BCUT2D eigenvalue weighted by atomic mass is 10.2. The van der Waals surface area contributed by atoms with Crippen molar-refractivity contribution in [3.05, 3.63) is 48.0 Å². The quantitative estimate of drug-likeness (QED) is 0.607. The summed E-state index contributed by atoms with van der Waals surface area (Å²) in [5, 5.41) is 0.433. The van der Waals surface area contributed by atoms with Crippen molar-refractivity contribution in [1.29, 1.82) is 0 Å². The first kappa shape index (κ1) is 20.4. The van der Waals surface area contributed by atoms with Crippen LogP contribution < -0.4 is 5.56 Å². The summed E-state index contributed by atoms with van der Waals surface area (Å²) in [6, 6.07) is 3.77.